The maximum atomic E-state index is 14.3. The quantitative estimate of drug-likeness (QED) is 0.813. The van der Waals surface area contributed by atoms with Gasteiger partial charge in [0, 0.05) is 31.1 Å². The van der Waals surface area contributed by atoms with Crippen molar-refractivity contribution in [2.45, 2.75) is 25.3 Å². The zero-order valence-corrected chi connectivity index (χ0v) is 13.9. The highest BCUT2D eigenvalue weighted by Gasteiger charge is 2.34. The van der Waals surface area contributed by atoms with Crippen molar-refractivity contribution >= 4 is 11.6 Å². The summed E-state index contributed by atoms with van der Waals surface area (Å²) in [7, 11) is 1.42. The van der Waals surface area contributed by atoms with Crippen LogP contribution in [0, 0.1) is 5.82 Å². The van der Waals surface area contributed by atoms with Gasteiger partial charge in [0.25, 0.3) is 12.0 Å². The molecule has 0 saturated carbocycles. The van der Waals surface area contributed by atoms with Crippen molar-refractivity contribution in [2.75, 3.05) is 18.6 Å². The third kappa shape index (κ3) is 3.42. The highest BCUT2D eigenvalue weighted by molar-refractivity contribution is 5.96. The van der Waals surface area contributed by atoms with Gasteiger partial charge in [-0.25, -0.2) is 17.9 Å². The molecule has 1 amide bonds. The third-order valence-electron chi connectivity index (χ3n) is 4.27. The van der Waals surface area contributed by atoms with Gasteiger partial charge in [0.05, 0.1) is 7.11 Å². The lowest BCUT2D eigenvalue weighted by molar-refractivity contribution is -0.117. The monoisotopic (exact) mass is 367 g/mol. The van der Waals surface area contributed by atoms with Gasteiger partial charge in [-0.2, -0.15) is 5.10 Å². The molecule has 9 heteroatoms. The maximum Gasteiger partial charge on any atom is 0.290 e. The molecule has 2 heterocycles. The normalized spacial score (nSPS) is 17.2. The van der Waals surface area contributed by atoms with Gasteiger partial charge in [-0.05, 0) is 17.7 Å². The number of aromatic nitrogens is 2. The van der Waals surface area contributed by atoms with Crippen LogP contribution in [0.5, 0.6) is 5.75 Å². The van der Waals surface area contributed by atoms with Gasteiger partial charge in [-0.1, -0.05) is 6.07 Å². The molecule has 1 unspecified atom stereocenters. The molecule has 1 aromatic heterocycles. The van der Waals surface area contributed by atoms with Crippen LogP contribution in [0.4, 0.5) is 18.9 Å². The summed E-state index contributed by atoms with van der Waals surface area (Å²) in [6, 6.07) is 5.66. The minimum absolute atomic E-state index is 0.0137. The van der Waals surface area contributed by atoms with E-state index in [1.807, 2.05) is 0 Å². The van der Waals surface area contributed by atoms with Crippen molar-refractivity contribution < 1.29 is 22.7 Å². The number of amides is 1. The third-order valence-corrected chi connectivity index (χ3v) is 4.27. The Morgan fingerprint density at radius 3 is 2.73 bits per heavy atom. The van der Waals surface area contributed by atoms with Crippen LogP contribution in [0.3, 0.4) is 0 Å². The van der Waals surface area contributed by atoms with E-state index in [2.05, 4.69) is 5.10 Å². The molecule has 1 saturated heterocycles. The van der Waals surface area contributed by atoms with Crippen LogP contribution in [-0.4, -0.2) is 35.8 Å². The van der Waals surface area contributed by atoms with Gasteiger partial charge in [-0.3, -0.25) is 9.59 Å². The Morgan fingerprint density at radius 1 is 1.31 bits per heavy atom. The van der Waals surface area contributed by atoms with E-state index in [9.17, 15) is 22.8 Å². The van der Waals surface area contributed by atoms with Crippen molar-refractivity contribution in [1.29, 1.82) is 0 Å². The Labute approximate surface area is 146 Å². The summed E-state index contributed by atoms with van der Waals surface area (Å²) in [5, 5.41) is 3.60. The average Bonchev–Trinajstić information content (AvgIpc) is 2.97. The molecule has 0 radical (unpaired) electrons. The molecule has 1 aromatic carbocycles. The van der Waals surface area contributed by atoms with E-state index in [1.165, 1.54) is 36.4 Å². The molecular weight excluding hydrogens is 351 g/mol. The minimum Gasteiger partial charge on any atom is -0.497 e. The summed E-state index contributed by atoms with van der Waals surface area (Å²) in [6.07, 6.45) is -1.54. The summed E-state index contributed by atoms with van der Waals surface area (Å²) < 4.78 is 44.9. The molecule has 1 aliphatic heterocycles. The van der Waals surface area contributed by atoms with Crippen LogP contribution in [0.1, 0.15) is 17.9 Å². The van der Waals surface area contributed by atoms with Gasteiger partial charge in [0.2, 0.25) is 5.91 Å². The van der Waals surface area contributed by atoms with E-state index in [0.717, 1.165) is 0 Å². The van der Waals surface area contributed by atoms with E-state index in [1.54, 1.807) is 6.07 Å². The Hall–Kier alpha value is -2.84. The standard InChI is InChI=1S/C17H16F3N3O3/c1-26-11-2-3-12(13(18)7-11)10-6-16(24)22(8-10)14-4-5-21-23(17(14)25)9-15(19)20/h2-5,7,10,15H,6,8-9H2,1H3. The SMILES string of the molecule is COc1ccc(C2CC(=O)N(c3ccnn(CC(F)F)c3=O)C2)c(F)c1. The molecule has 0 spiro atoms. The second kappa shape index (κ2) is 7.19. The smallest absolute Gasteiger partial charge is 0.290 e. The van der Waals surface area contributed by atoms with E-state index < -0.39 is 30.3 Å². The number of hydrogen-bond acceptors (Lipinski definition) is 4. The molecule has 1 atom stereocenters. The van der Waals surface area contributed by atoms with E-state index >= 15 is 0 Å². The molecule has 6 nitrogen and oxygen atoms in total. The predicted molar refractivity (Wildman–Crippen MR) is 87.2 cm³/mol. The van der Waals surface area contributed by atoms with Crippen LogP contribution in [0.25, 0.3) is 0 Å². The molecule has 3 rings (SSSR count). The van der Waals surface area contributed by atoms with Crippen LogP contribution in [-0.2, 0) is 11.3 Å². The van der Waals surface area contributed by atoms with E-state index in [0.29, 0.717) is 16.0 Å². The molecule has 0 aliphatic carbocycles. The number of hydrogen-bond donors (Lipinski definition) is 0. The largest absolute Gasteiger partial charge is 0.497 e. The summed E-state index contributed by atoms with van der Waals surface area (Å²) in [6.45, 7) is -0.777. The maximum absolute atomic E-state index is 14.3. The lowest BCUT2D eigenvalue weighted by Gasteiger charge is -2.17. The number of benzene rings is 1. The molecule has 1 fully saturated rings. The zero-order chi connectivity index (χ0) is 18.8. The van der Waals surface area contributed by atoms with Crippen LogP contribution >= 0.6 is 0 Å². The molecule has 0 N–H and O–H groups in total. The highest BCUT2D eigenvalue weighted by atomic mass is 19.3. The van der Waals surface area contributed by atoms with Gasteiger partial charge in [0.15, 0.2) is 0 Å². The summed E-state index contributed by atoms with van der Waals surface area (Å²) in [5.74, 6) is -0.980. The molecule has 1 aliphatic rings. The Morgan fingerprint density at radius 2 is 2.08 bits per heavy atom. The van der Waals surface area contributed by atoms with Gasteiger partial charge < -0.3 is 9.64 Å². The van der Waals surface area contributed by atoms with Crippen LogP contribution < -0.4 is 15.2 Å². The summed E-state index contributed by atoms with van der Waals surface area (Å²) in [5.41, 5.74) is -0.484. The fourth-order valence-corrected chi connectivity index (χ4v) is 3.02. The Balaban J connectivity index is 1.88. The summed E-state index contributed by atoms with van der Waals surface area (Å²) in [4.78, 5) is 25.8. The summed E-state index contributed by atoms with van der Waals surface area (Å²) >= 11 is 0. The molecular formula is C17H16F3N3O3. The fraction of sp³-hybridized carbons (Fsp3) is 0.353. The van der Waals surface area contributed by atoms with Gasteiger partial charge >= 0.3 is 0 Å². The number of carbonyl (C=O) groups is 1. The second-order valence-electron chi connectivity index (χ2n) is 5.89. The lowest BCUT2D eigenvalue weighted by Crippen LogP contribution is -2.35. The zero-order valence-electron chi connectivity index (χ0n) is 13.9. The Bertz CT molecular complexity index is 885. The van der Waals surface area contributed by atoms with Crippen molar-refractivity contribution in [3.8, 4) is 5.75 Å². The van der Waals surface area contributed by atoms with Gasteiger partial charge in [0.1, 0.15) is 23.8 Å². The van der Waals surface area contributed by atoms with E-state index in [4.69, 9.17) is 4.74 Å². The van der Waals surface area contributed by atoms with Crippen molar-refractivity contribution in [3.63, 3.8) is 0 Å². The first-order valence-electron chi connectivity index (χ1n) is 7.88. The first-order chi connectivity index (χ1) is 12.4. The fourth-order valence-electron chi connectivity index (χ4n) is 3.02. The molecule has 2 aromatic rings. The first kappa shape index (κ1) is 18.0. The van der Waals surface area contributed by atoms with Crippen molar-refractivity contribution in [3.05, 3.63) is 52.2 Å². The second-order valence-corrected chi connectivity index (χ2v) is 5.89. The topological polar surface area (TPSA) is 64.4 Å². The number of carbonyl (C=O) groups excluding carboxylic acids is 1. The number of methoxy groups -OCH3 is 1. The van der Waals surface area contributed by atoms with Gasteiger partial charge in [-0.15, -0.1) is 0 Å². The lowest BCUT2D eigenvalue weighted by atomic mass is 9.97. The number of ether oxygens (including phenoxy) is 1. The molecule has 0 bridgehead atoms. The predicted octanol–water partition coefficient (Wildman–Crippen LogP) is 2.18. The first-order valence-corrected chi connectivity index (χ1v) is 7.88. The average molecular weight is 367 g/mol. The van der Waals surface area contributed by atoms with Crippen LogP contribution in [0.15, 0.2) is 35.3 Å². The van der Waals surface area contributed by atoms with Crippen molar-refractivity contribution in [2.24, 2.45) is 0 Å². The van der Waals surface area contributed by atoms with Crippen LogP contribution in [0.2, 0.25) is 0 Å². The number of halogens is 3. The number of nitrogens with zero attached hydrogens (tertiary/aromatic N) is 3. The number of anilines is 1. The van der Waals surface area contributed by atoms with Crippen molar-refractivity contribution in [1.82, 2.24) is 9.78 Å². The number of rotatable bonds is 5. The number of alkyl halides is 2. The van der Waals surface area contributed by atoms with E-state index in [-0.39, 0.29) is 24.6 Å². The molecule has 26 heavy (non-hydrogen) atoms. The highest BCUT2D eigenvalue weighted by Crippen LogP contribution is 2.33. The minimum atomic E-state index is -2.74. The molecule has 138 valence electrons. The Kier molecular flexibility index (Phi) is 4.97.